The van der Waals surface area contributed by atoms with Gasteiger partial charge in [0.25, 0.3) is 0 Å². The van der Waals surface area contributed by atoms with Crippen LogP contribution in [0.25, 0.3) is 0 Å². The Bertz CT molecular complexity index is 598. The van der Waals surface area contributed by atoms with Crippen molar-refractivity contribution in [2.24, 2.45) is 0 Å². The molecule has 23 heavy (non-hydrogen) atoms. The predicted octanol–water partition coefficient (Wildman–Crippen LogP) is 2.58. The fourth-order valence-corrected chi connectivity index (χ4v) is 4.76. The number of sulfonamides is 1. The van der Waals surface area contributed by atoms with Crippen LogP contribution in [0.3, 0.4) is 0 Å². The topological polar surface area (TPSA) is 64.6 Å². The van der Waals surface area contributed by atoms with E-state index in [1.807, 2.05) is 25.6 Å². The van der Waals surface area contributed by atoms with Crippen LogP contribution in [0.2, 0.25) is 0 Å². The largest absolute Gasteiger partial charge is 0.494 e. The maximum absolute atomic E-state index is 12.3. The van der Waals surface area contributed by atoms with E-state index in [2.05, 4.69) is 4.72 Å². The Kier molecular flexibility index (Phi) is 7.20. The lowest BCUT2D eigenvalue weighted by Crippen LogP contribution is -2.27. The molecule has 1 heterocycles. The zero-order valence-electron chi connectivity index (χ0n) is 13.7. The summed E-state index contributed by atoms with van der Waals surface area (Å²) in [5, 5.41) is 0.584. The molecule has 5 nitrogen and oxygen atoms in total. The fraction of sp³-hybridized carbons (Fsp3) is 0.625. The third kappa shape index (κ3) is 5.67. The van der Waals surface area contributed by atoms with Crippen molar-refractivity contribution < 1.29 is 17.9 Å². The van der Waals surface area contributed by atoms with E-state index in [9.17, 15) is 8.42 Å². The quantitative estimate of drug-likeness (QED) is 0.723. The summed E-state index contributed by atoms with van der Waals surface area (Å²) in [5.74, 6) is 1.50. The van der Waals surface area contributed by atoms with Crippen molar-refractivity contribution >= 4 is 21.8 Å². The summed E-state index contributed by atoms with van der Waals surface area (Å²) in [4.78, 5) is 0.287. The van der Waals surface area contributed by atoms with E-state index in [0.717, 1.165) is 43.1 Å². The van der Waals surface area contributed by atoms with Crippen molar-refractivity contribution in [3.63, 3.8) is 0 Å². The van der Waals surface area contributed by atoms with Gasteiger partial charge in [0.2, 0.25) is 10.0 Å². The van der Waals surface area contributed by atoms with E-state index in [0.29, 0.717) is 18.4 Å². The van der Waals surface area contributed by atoms with Gasteiger partial charge in [-0.2, -0.15) is 11.8 Å². The number of ether oxygens (including phenoxy) is 2. The Morgan fingerprint density at radius 3 is 2.74 bits per heavy atom. The van der Waals surface area contributed by atoms with Crippen molar-refractivity contribution in [1.29, 1.82) is 0 Å². The lowest BCUT2D eigenvalue weighted by molar-refractivity contribution is 0.100. The van der Waals surface area contributed by atoms with Gasteiger partial charge in [0.1, 0.15) is 5.75 Å². The minimum atomic E-state index is -3.46. The molecule has 1 aliphatic rings. The number of rotatable bonds is 8. The molecule has 130 valence electrons. The molecule has 0 saturated carbocycles. The van der Waals surface area contributed by atoms with E-state index >= 15 is 0 Å². The van der Waals surface area contributed by atoms with Crippen LogP contribution in [0.15, 0.2) is 23.1 Å². The molecule has 0 bridgehead atoms. The molecule has 1 aromatic carbocycles. The fourth-order valence-electron chi connectivity index (χ4n) is 2.43. The predicted molar refractivity (Wildman–Crippen MR) is 93.8 cm³/mol. The molecule has 1 fully saturated rings. The van der Waals surface area contributed by atoms with E-state index in [1.54, 1.807) is 18.2 Å². The van der Waals surface area contributed by atoms with Crippen molar-refractivity contribution in [2.45, 2.75) is 36.8 Å². The van der Waals surface area contributed by atoms with Crippen molar-refractivity contribution in [1.82, 2.24) is 4.72 Å². The number of aryl methyl sites for hydroxylation is 1. The average Bonchev–Trinajstić information content (AvgIpc) is 2.54. The third-order valence-electron chi connectivity index (χ3n) is 3.67. The van der Waals surface area contributed by atoms with Crippen LogP contribution in [-0.4, -0.2) is 45.8 Å². The molecule has 0 unspecified atom stereocenters. The van der Waals surface area contributed by atoms with Crippen LogP contribution in [0.4, 0.5) is 0 Å². The lowest BCUT2D eigenvalue weighted by Gasteiger charge is -2.21. The maximum atomic E-state index is 12.3. The van der Waals surface area contributed by atoms with Crippen LogP contribution in [-0.2, 0) is 14.8 Å². The van der Waals surface area contributed by atoms with Gasteiger partial charge in [-0.25, -0.2) is 13.1 Å². The Morgan fingerprint density at radius 2 is 2.09 bits per heavy atom. The molecule has 1 aromatic rings. The number of benzene rings is 1. The van der Waals surface area contributed by atoms with Gasteiger partial charge in [-0.3, -0.25) is 0 Å². The summed E-state index contributed by atoms with van der Waals surface area (Å²) >= 11 is 1.82. The molecule has 1 saturated heterocycles. The molecule has 7 heteroatoms. The van der Waals surface area contributed by atoms with Crippen LogP contribution in [0, 0.1) is 6.92 Å². The normalized spacial score (nSPS) is 16.4. The second-order valence-electron chi connectivity index (χ2n) is 5.44. The summed E-state index contributed by atoms with van der Waals surface area (Å²) in [7, 11) is -3.46. The molecule has 0 atom stereocenters. The van der Waals surface area contributed by atoms with Gasteiger partial charge >= 0.3 is 0 Å². The van der Waals surface area contributed by atoms with Gasteiger partial charge in [0, 0.05) is 30.8 Å². The van der Waals surface area contributed by atoms with Gasteiger partial charge in [0.05, 0.1) is 11.5 Å². The smallest absolute Gasteiger partial charge is 0.240 e. The second-order valence-corrected chi connectivity index (χ2v) is 8.62. The first kappa shape index (κ1) is 18.6. The van der Waals surface area contributed by atoms with Crippen molar-refractivity contribution in [2.75, 3.05) is 32.1 Å². The summed E-state index contributed by atoms with van der Waals surface area (Å²) in [6, 6.07) is 4.95. The Labute approximate surface area is 143 Å². The standard InChI is InChI=1S/C16H25NO4S2/c1-3-21-16-5-4-15(12-13(16)2)23(18,19)17-8-11-22-14-6-9-20-10-7-14/h4-5,12,14,17H,3,6-11H2,1-2H3. The van der Waals surface area contributed by atoms with E-state index in [4.69, 9.17) is 9.47 Å². The first-order valence-corrected chi connectivity index (χ1v) is 10.5. The Balaban J connectivity index is 1.84. The molecule has 1 aliphatic heterocycles. The number of thioether (sulfide) groups is 1. The zero-order valence-corrected chi connectivity index (χ0v) is 15.3. The first-order valence-electron chi connectivity index (χ1n) is 7.95. The minimum Gasteiger partial charge on any atom is -0.494 e. The maximum Gasteiger partial charge on any atom is 0.240 e. The highest BCUT2D eigenvalue weighted by Crippen LogP contribution is 2.23. The highest BCUT2D eigenvalue weighted by molar-refractivity contribution is 8.00. The van der Waals surface area contributed by atoms with Crippen LogP contribution in [0.5, 0.6) is 5.75 Å². The van der Waals surface area contributed by atoms with Gasteiger partial charge in [-0.15, -0.1) is 0 Å². The summed E-state index contributed by atoms with van der Waals surface area (Å²) in [6.45, 7) is 6.39. The molecule has 0 aliphatic carbocycles. The second kappa shape index (κ2) is 8.92. The van der Waals surface area contributed by atoms with Gasteiger partial charge in [0.15, 0.2) is 0 Å². The summed E-state index contributed by atoms with van der Waals surface area (Å²) in [6.07, 6.45) is 2.10. The van der Waals surface area contributed by atoms with E-state index in [-0.39, 0.29) is 4.90 Å². The molecular formula is C16H25NO4S2. The molecule has 1 N–H and O–H groups in total. The third-order valence-corrected chi connectivity index (χ3v) is 6.51. The Morgan fingerprint density at radius 1 is 1.35 bits per heavy atom. The highest BCUT2D eigenvalue weighted by atomic mass is 32.2. The summed E-state index contributed by atoms with van der Waals surface area (Å²) < 4.78 is 38.1. The van der Waals surface area contributed by atoms with Gasteiger partial charge in [-0.05, 0) is 50.5 Å². The van der Waals surface area contributed by atoms with Crippen molar-refractivity contribution in [3.8, 4) is 5.75 Å². The number of hydrogen-bond donors (Lipinski definition) is 1. The Hall–Kier alpha value is -0.760. The van der Waals surface area contributed by atoms with Crippen molar-refractivity contribution in [3.05, 3.63) is 23.8 Å². The van der Waals surface area contributed by atoms with Gasteiger partial charge in [-0.1, -0.05) is 0 Å². The monoisotopic (exact) mass is 359 g/mol. The van der Waals surface area contributed by atoms with Crippen LogP contribution < -0.4 is 9.46 Å². The molecule has 2 rings (SSSR count). The number of hydrogen-bond acceptors (Lipinski definition) is 5. The van der Waals surface area contributed by atoms with Gasteiger partial charge < -0.3 is 9.47 Å². The molecular weight excluding hydrogens is 334 g/mol. The molecule has 0 aromatic heterocycles. The molecule has 0 radical (unpaired) electrons. The zero-order chi connectivity index (χ0) is 16.7. The minimum absolute atomic E-state index is 0.287. The average molecular weight is 360 g/mol. The first-order chi connectivity index (χ1) is 11.0. The molecule has 0 amide bonds. The van der Waals surface area contributed by atoms with E-state index < -0.39 is 10.0 Å². The van der Waals surface area contributed by atoms with Crippen LogP contribution >= 0.6 is 11.8 Å². The number of nitrogens with one attached hydrogen (secondary N) is 1. The molecule has 0 spiro atoms. The lowest BCUT2D eigenvalue weighted by atomic mass is 10.2. The van der Waals surface area contributed by atoms with Crippen LogP contribution in [0.1, 0.15) is 25.3 Å². The SMILES string of the molecule is CCOc1ccc(S(=O)(=O)NCCSC2CCOCC2)cc1C. The van der Waals surface area contributed by atoms with E-state index in [1.165, 1.54) is 0 Å². The highest BCUT2D eigenvalue weighted by Gasteiger charge is 2.17. The summed E-state index contributed by atoms with van der Waals surface area (Å²) in [5.41, 5.74) is 0.825.